The third kappa shape index (κ3) is 2.21. The smallest absolute Gasteiger partial charge is 0.350 e. The maximum absolute atomic E-state index is 11.9. The van der Waals surface area contributed by atoms with E-state index in [2.05, 4.69) is 10.1 Å². The van der Waals surface area contributed by atoms with Gasteiger partial charge in [-0.25, -0.2) is 13.9 Å². The summed E-state index contributed by atoms with van der Waals surface area (Å²) >= 11 is 0. The Balaban J connectivity index is 2.38. The van der Waals surface area contributed by atoms with Crippen LogP contribution in [-0.2, 0) is 6.54 Å². The van der Waals surface area contributed by atoms with E-state index in [-0.39, 0.29) is 17.6 Å². The van der Waals surface area contributed by atoms with Crippen molar-refractivity contribution < 1.29 is 5.11 Å². The van der Waals surface area contributed by atoms with Crippen LogP contribution in [0.1, 0.15) is 20.8 Å². The Morgan fingerprint density at radius 1 is 1.47 bits per heavy atom. The first-order valence-corrected chi connectivity index (χ1v) is 5.47. The summed E-state index contributed by atoms with van der Waals surface area (Å²) in [6.07, 6.45) is 3.98. The molecule has 2 heterocycles. The van der Waals surface area contributed by atoms with Gasteiger partial charge in [-0.15, -0.1) is 5.10 Å². The molecule has 0 aliphatic heterocycles. The number of aromatic nitrogens is 4. The molecule has 92 valence electrons. The van der Waals surface area contributed by atoms with Crippen LogP contribution < -0.4 is 5.69 Å². The predicted octanol–water partition coefficient (Wildman–Crippen LogP) is 0.298. The van der Waals surface area contributed by atoms with Crippen molar-refractivity contribution in [1.29, 1.82) is 0 Å². The molecule has 0 radical (unpaired) electrons. The molecule has 1 N–H and O–H groups in total. The summed E-state index contributed by atoms with van der Waals surface area (Å²) in [4.78, 5) is 15.8. The van der Waals surface area contributed by atoms with Crippen molar-refractivity contribution in [2.45, 2.75) is 33.4 Å². The van der Waals surface area contributed by atoms with Crippen LogP contribution in [0.4, 0.5) is 0 Å². The minimum Gasteiger partial charge on any atom is -0.391 e. The topological polar surface area (TPSA) is 72.4 Å². The Hall–Kier alpha value is -1.69. The first kappa shape index (κ1) is 11.8. The van der Waals surface area contributed by atoms with E-state index < -0.39 is 6.10 Å². The average Bonchev–Trinajstić information content (AvgIpc) is 2.55. The maximum atomic E-state index is 11.9. The molecule has 1 atom stereocenters. The highest BCUT2D eigenvalue weighted by atomic mass is 16.3. The van der Waals surface area contributed by atoms with E-state index in [0.29, 0.717) is 5.65 Å². The molecule has 2 aromatic rings. The Morgan fingerprint density at radius 2 is 2.18 bits per heavy atom. The molecule has 0 amide bonds. The van der Waals surface area contributed by atoms with Crippen LogP contribution in [0.5, 0.6) is 0 Å². The van der Waals surface area contributed by atoms with Gasteiger partial charge in [-0.1, -0.05) is 20.8 Å². The Kier molecular flexibility index (Phi) is 2.74. The summed E-state index contributed by atoms with van der Waals surface area (Å²) in [6.45, 7) is 5.93. The van der Waals surface area contributed by atoms with Gasteiger partial charge in [-0.2, -0.15) is 0 Å². The Morgan fingerprint density at radius 3 is 2.76 bits per heavy atom. The molecule has 0 aliphatic carbocycles. The monoisotopic (exact) mass is 236 g/mol. The highest BCUT2D eigenvalue weighted by Crippen LogP contribution is 2.19. The van der Waals surface area contributed by atoms with Gasteiger partial charge in [0, 0.05) is 12.4 Å². The fourth-order valence-electron chi connectivity index (χ4n) is 1.44. The number of nitrogens with zero attached hydrogens (tertiary/aromatic N) is 4. The van der Waals surface area contributed by atoms with Crippen LogP contribution >= 0.6 is 0 Å². The predicted molar refractivity (Wildman–Crippen MR) is 62.7 cm³/mol. The standard InChI is InChI=1S/C11H16N4O2/c1-11(2,3)8(16)7-15-10(17)14-5-4-12-6-9(14)13-15/h4-6,8,16H,7H2,1-3H3. The summed E-state index contributed by atoms with van der Waals surface area (Å²) in [7, 11) is 0. The molecular weight excluding hydrogens is 220 g/mol. The van der Waals surface area contributed by atoms with E-state index in [0.717, 1.165) is 0 Å². The first-order chi connectivity index (χ1) is 7.89. The minimum atomic E-state index is -0.627. The van der Waals surface area contributed by atoms with E-state index >= 15 is 0 Å². The van der Waals surface area contributed by atoms with Gasteiger partial charge in [0.05, 0.1) is 18.8 Å². The van der Waals surface area contributed by atoms with Gasteiger partial charge in [0.2, 0.25) is 0 Å². The van der Waals surface area contributed by atoms with Crippen molar-refractivity contribution in [3.05, 3.63) is 29.1 Å². The molecule has 0 aliphatic rings. The molecule has 0 bridgehead atoms. The van der Waals surface area contributed by atoms with Gasteiger partial charge in [0.15, 0.2) is 5.65 Å². The molecule has 0 spiro atoms. The van der Waals surface area contributed by atoms with Crippen molar-refractivity contribution in [1.82, 2.24) is 19.2 Å². The molecule has 0 saturated carbocycles. The second-order valence-electron chi connectivity index (χ2n) is 5.15. The number of fused-ring (bicyclic) bond motifs is 1. The number of hydrogen-bond donors (Lipinski definition) is 1. The van der Waals surface area contributed by atoms with E-state index in [9.17, 15) is 9.90 Å². The lowest BCUT2D eigenvalue weighted by molar-refractivity contribution is 0.0442. The quantitative estimate of drug-likeness (QED) is 0.814. The van der Waals surface area contributed by atoms with Crippen molar-refractivity contribution in [2.75, 3.05) is 0 Å². The summed E-state index contributed by atoms with van der Waals surface area (Å²) in [5, 5.41) is 14.1. The molecule has 0 saturated heterocycles. The fourth-order valence-corrected chi connectivity index (χ4v) is 1.44. The molecule has 0 fully saturated rings. The SMILES string of the molecule is CC(C)(C)C(O)Cn1nc2cnccn2c1=O. The van der Waals surface area contributed by atoms with E-state index in [1.54, 1.807) is 6.20 Å². The van der Waals surface area contributed by atoms with Crippen molar-refractivity contribution in [2.24, 2.45) is 5.41 Å². The average molecular weight is 236 g/mol. The lowest BCUT2D eigenvalue weighted by Crippen LogP contribution is -2.35. The summed E-state index contributed by atoms with van der Waals surface area (Å²) in [5.41, 5.74) is -0.0580. The fraction of sp³-hybridized carbons (Fsp3) is 0.545. The van der Waals surface area contributed by atoms with Crippen LogP contribution in [-0.4, -0.2) is 30.4 Å². The molecule has 2 aromatic heterocycles. The second-order valence-corrected chi connectivity index (χ2v) is 5.15. The van der Waals surface area contributed by atoms with Crippen molar-refractivity contribution in [3.8, 4) is 0 Å². The molecule has 6 nitrogen and oxygen atoms in total. The summed E-state index contributed by atoms with van der Waals surface area (Å²) in [6, 6.07) is 0. The molecular formula is C11H16N4O2. The van der Waals surface area contributed by atoms with Crippen molar-refractivity contribution >= 4 is 5.65 Å². The van der Waals surface area contributed by atoms with Crippen molar-refractivity contribution in [3.63, 3.8) is 0 Å². The van der Waals surface area contributed by atoms with Crippen LogP contribution in [0, 0.1) is 5.41 Å². The zero-order valence-electron chi connectivity index (χ0n) is 10.2. The summed E-state index contributed by atoms with van der Waals surface area (Å²) in [5.74, 6) is 0. The Bertz CT molecular complexity index is 579. The second kappa shape index (κ2) is 3.96. The lowest BCUT2D eigenvalue weighted by Gasteiger charge is -2.25. The molecule has 6 heteroatoms. The summed E-state index contributed by atoms with van der Waals surface area (Å²) < 4.78 is 2.68. The van der Waals surface area contributed by atoms with E-state index in [4.69, 9.17) is 0 Å². The molecule has 0 aromatic carbocycles. The third-order valence-electron chi connectivity index (χ3n) is 2.73. The van der Waals surface area contributed by atoms with Gasteiger partial charge >= 0.3 is 5.69 Å². The third-order valence-corrected chi connectivity index (χ3v) is 2.73. The first-order valence-electron chi connectivity index (χ1n) is 5.47. The van der Waals surface area contributed by atoms with E-state index in [1.807, 2.05) is 20.8 Å². The maximum Gasteiger partial charge on any atom is 0.350 e. The molecule has 1 unspecified atom stereocenters. The number of aliphatic hydroxyl groups is 1. The van der Waals surface area contributed by atoms with Crippen LogP contribution in [0.2, 0.25) is 0 Å². The lowest BCUT2D eigenvalue weighted by atomic mass is 9.89. The van der Waals surface area contributed by atoms with Gasteiger partial charge in [0.1, 0.15) is 0 Å². The number of aliphatic hydroxyl groups excluding tert-OH is 1. The normalized spacial score (nSPS) is 14.1. The van der Waals surface area contributed by atoms with Crippen LogP contribution in [0.25, 0.3) is 5.65 Å². The van der Waals surface area contributed by atoms with Crippen LogP contribution in [0.3, 0.4) is 0 Å². The highest BCUT2D eigenvalue weighted by molar-refractivity contribution is 5.31. The number of hydrogen-bond acceptors (Lipinski definition) is 4. The zero-order chi connectivity index (χ0) is 12.6. The zero-order valence-corrected chi connectivity index (χ0v) is 10.2. The molecule has 2 rings (SSSR count). The van der Waals surface area contributed by atoms with Gasteiger partial charge < -0.3 is 5.11 Å². The van der Waals surface area contributed by atoms with E-state index in [1.165, 1.54) is 21.5 Å². The largest absolute Gasteiger partial charge is 0.391 e. The highest BCUT2D eigenvalue weighted by Gasteiger charge is 2.23. The van der Waals surface area contributed by atoms with Gasteiger partial charge in [-0.05, 0) is 5.41 Å². The minimum absolute atomic E-state index is 0.185. The van der Waals surface area contributed by atoms with Gasteiger partial charge in [-0.3, -0.25) is 4.98 Å². The molecule has 17 heavy (non-hydrogen) atoms. The van der Waals surface area contributed by atoms with Crippen LogP contribution in [0.15, 0.2) is 23.4 Å². The number of rotatable bonds is 2. The van der Waals surface area contributed by atoms with Gasteiger partial charge in [0.25, 0.3) is 0 Å². The Labute approximate surface area is 98.5 Å².